The van der Waals surface area contributed by atoms with E-state index in [1.165, 1.54) is 0 Å². The smallest absolute Gasteiger partial charge is 0.191 e. The molecule has 1 fully saturated rings. The first kappa shape index (κ1) is 23.2. The Morgan fingerprint density at radius 1 is 1.19 bits per heavy atom. The van der Waals surface area contributed by atoms with Crippen molar-refractivity contribution in [2.45, 2.75) is 53.1 Å². The highest BCUT2D eigenvalue weighted by Crippen LogP contribution is 2.16. The van der Waals surface area contributed by atoms with Gasteiger partial charge in [-0.3, -0.25) is 4.90 Å². The minimum Gasteiger partial charge on any atom is -0.379 e. The first-order valence-corrected chi connectivity index (χ1v) is 9.49. The van der Waals surface area contributed by atoms with Crippen molar-refractivity contribution >= 4 is 29.9 Å². The Morgan fingerprint density at radius 2 is 1.92 bits per heavy atom. The molecule has 0 radical (unpaired) electrons. The molecule has 1 aliphatic heterocycles. The maximum atomic E-state index is 5.43. The van der Waals surface area contributed by atoms with Crippen molar-refractivity contribution < 1.29 is 9.26 Å². The fraction of sp³-hybridized carbons (Fsp3) is 0.778. The molecule has 0 bridgehead atoms. The van der Waals surface area contributed by atoms with Gasteiger partial charge in [-0.2, -0.15) is 0 Å². The zero-order valence-electron chi connectivity index (χ0n) is 16.5. The zero-order valence-corrected chi connectivity index (χ0v) is 18.8. The summed E-state index contributed by atoms with van der Waals surface area (Å²) in [4.78, 5) is 7.19. The summed E-state index contributed by atoms with van der Waals surface area (Å²) in [5, 5.41) is 10.9. The van der Waals surface area contributed by atoms with Crippen molar-refractivity contribution in [3.8, 4) is 0 Å². The highest BCUT2D eigenvalue weighted by Gasteiger charge is 2.17. The summed E-state index contributed by atoms with van der Waals surface area (Å²) in [6.07, 6.45) is 1.71. The molecule has 1 saturated heterocycles. The predicted octanol–water partition coefficient (Wildman–Crippen LogP) is 2.19. The molecular formula is C18H34IN5O2. The van der Waals surface area contributed by atoms with E-state index < -0.39 is 0 Å². The average molecular weight is 479 g/mol. The topological polar surface area (TPSA) is 74.9 Å². The van der Waals surface area contributed by atoms with Crippen molar-refractivity contribution in [3.63, 3.8) is 0 Å². The van der Waals surface area contributed by atoms with Crippen LogP contribution < -0.4 is 10.6 Å². The highest BCUT2D eigenvalue weighted by molar-refractivity contribution is 14.0. The Labute approximate surface area is 174 Å². The summed E-state index contributed by atoms with van der Waals surface area (Å²) in [6.45, 7) is 14.4. The number of morpholine rings is 1. The Kier molecular flexibility index (Phi) is 11.1. The summed E-state index contributed by atoms with van der Waals surface area (Å²) in [7, 11) is 0. The Balaban J connectivity index is 0.00000338. The Morgan fingerprint density at radius 3 is 2.54 bits per heavy atom. The molecule has 8 heteroatoms. The largest absolute Gasteiger partial charge is 0.379 e. The van der Waals surface area contributed by atoms with E-state index in [0.717, 1.165) is 75.2 Å². The van der Waals surface area contributed by atoms with E-state index in [4.69, 9.17) is 14.3 Å². The number of nitrogens with zero attached hydrogens (tertiary/aromatic N) is 3. The number of guanidine groups is 1. The van der Waals surface area contributed by atoms with Crippen LogP contribution in [-0.4, -0.2) is 61.5 Å². The third kappa shape index (κ3) is 6.70. The van der Waals surface area contributed by atoms with Crippen LogP contribution in [0.25, 0.3) is 0 Å². The lowest BCUT2D eigenvalue weighted by Crippen LogP contribution is -2.49. The molecular weight excluding hydrogens is 445 g/mol. The van der Waals surface area contributed by atoms with Gasteiger partial charge in [0.05, 0.1) is 25.5 Å². The number of ether oxygens (including phenoxy) is 1. The molecule has 2 N–H and O–H groups in total. The van der Waals surface area contributed by atoms with Crippen LogP contribution in [0.15, 0.2) is 9.52 Å². The lowest BCUT2D eigenvalue weighted by Gasteiger charge is -2.32. The number of aryl methyl sites for hydroxylation is 2. The highest BCUT2D eigenvalue weighted by atomic mass is 127. The van der Waals surface area contributed by atoms with Gasteiger partial charge in [0.25, 0.3) is 0 Å². The van der Waals surface area contributed by atoms with Crippen LogP contribution in [0, 0.1) is 0 Å². The van der Waals surface area contributed by atoms with Crippen LogP contribution in [0.5, 0.6) is 0 Å². The maximum absolute atomic E-state index is 5.43. The first-order chi connectivity index (χ1) is 12.2. The van der Waals surface area contributed by atoms with E-state index in [-0.39, 0.29) is 24.0 Å². The molecule has 0 amide bonds. The van der Waals surface area contributed by atoms with Crippen LogP contribution in [0.4, 0.5) is 0 Å². The molecule has 1 aliphatic rings. The minimum absolute atomic E-state index is 0. The van der Waals surface area contributed by atoms with Gasteiger partial charge in [-0.25, -0.2) is 4.99 Å². The second-order valence-corrected chi connectivity index (χ2v) is 6.31. The first-order valence-electron chi connectivity index (χ1n) is 9.49. The predicted molar refractivity (Wildman–Crippen MR) is 115 cm³/mol. The number of aliphatic imine (C=N–C) groups is 1. The van der Waals surface area contributed by atoms with Gasteiger partial charge in [0.1, 0.15) is 5.76 Å². The van der Waals surface area contributed by atoms with Crippen molar-refractivity contribution in [2.24, 2.45) is 4.99 Å². The lowest BCUT2D eigenvalue weighted by molar-refractivity contribution is 0.0211. The van der Waals surface area contributed by atoms with E-state index in [1.54, 1.807) is 0 Å². The van der Waals surface area contributed by atoms with Gasteiger partial charge >= 0.3 is 0 Å². The molecule has 7 nitrogen and oxygen atoms in total. The van der Waals surface area contributed by atoms with Gasteiger partial charge in [-0.1, -0.05) is 19.0 Å². The molecule has 0 aromatic carbocycles. The van der Waals surface area contributed by atoms with Gasteiger partial charge in [0, 0.05) is 44.2 Å². The van der Waals surface area contributed by atoms with Gasteiger partial charge in [0.2, 0.25) is 0 Å². The molecule has 1 aromatic rings. The molecule has 1 unspecified atom stereocenters. The molecule has 150 valence electrons. The second kappa shape index (κ2) is 12.5. The van der Waals surface area contributed by atoms with Crippen LogP contribution in [-0.2, 0) is 24.1 Å². The number of rotatable bonds is 8. The molecule has 26 heavy (non-hydrogen) atoms. The number of halogens is 1. The third-order valence-corrected chi connectivity index (χ3v) is 4.58. The summed E-state index contributed by atoms with van der Waals surface area (Å²) < 4.78 is 10.9. The zero-order chi connectivity index (χ0) is 18.1. The SMILES string of the molecule is CCNC(=NCc1c(CC)noc1CC)NCC(C)N1CCOCC1.I. The minimum atomic E-state index is 0. The monoisotopic (exact) mass is 479 g/mol. The molecule has 1 atom stereocenters. The fourth-order valence-electron chi connectivity index (χ4n) is 3.01. The number of nitrogens with one attached hydrogen (secondary N) is 2. The average Bonchev–Trinajstić information content (AvgIpc) is 3.06. The summed E-state index contributed by atoms with van der Waals surface area (Å²) in [5.41, 5.74) is 2.14. The molecule has 0 aliphatic carbocycles. The van der Waals surface area contributed by atoms with Crippen LogP contribution in [0.3, 0.4) is 0 Å². The summed E-state index contributed by atoms with van der Waals surface area (Å²) >= 11 is 0. The molecule has 0 spiro atoms. The summed E-state index contributed by atoms with van der Waals surface area (Å²) in [5.74, 6) is 1.78. The normalized spacial score (nSPS) is 16.8. The van der Waals surface area contributed by atoms with Crippen molar-refractivity contribution in [1.29, 1.82) is 0 Å². The van der Waals surface area contributed by atoms with Gasteiger partial charge in [0.15, 0.2) is 5.96 Å². The van der Waals surface area contributed by atoms with Crippen molar-refractivity contribution in [1.82, 2.24) is 20.7 Å². The van der Waals surface area contributed by atoms with Crippen molar-refractivity contribution in [2.75, 3.05) is 39.4 Å². The Hall–Kier alpha value is -0.870. The quantitative estimate of drug-likeness (QED) is 0.339. The van der Waals surface area contributed by atoms with E-state index >= 15 is 0 Å². The maximum Gasteiger partial charge on any atom is 0.191 e. The summed E-state index contributed by atoms with van der Waals surface area (Å²) in [6, 6.07) is 0.445. The second-order valence-electron chi connectivity index (χ2n) is 6.31. The lowest BCUT2D eigenvalue weighted by atomic mass is 10.1. The fourth-order valence-corrected chi connectivity index (χ4v) is 3.01. The van der Waals surface area contributed by atoms with E-state index in [2.05, 4.69) is 48.4 Å². The van der Waals surface area contributed by atoms with Crippen LogP contribution >= 0.6 is 24.0 Å². The van der Waals surface area contributed by atoms with E-state index in [1.807, 2.05) is 0 Å². The number of hydrogen-bond donors (Lipinski definition) is 2. The molecule has 2 rings (SSSR count). The van der Waals surface area contributed by atoms with E-state index in [9.17, 15) is 0 Å². The number of aromatic nitrogens is 1. The van der Waals surface area contributed by atoms with Gasteiger partial charge in [-0.05, 0) is 20.3 Å². The third-order valence-electron chi connectivity index (χ3n) is 4.58. The van der Waals surface area contributed by atoms with Crippen LogP contribution in [0.2, 0.25) is 0 Å². The van der Waals surface area contributed by atoms with Gasteiger partial charge < -0.3 is 19.9 Å². The standard InChI is InChI=1S/C18H33N5O2.HI/c1-5-16-15(17(6-2)25-22-16)13-21-18(19-7-3)20-12-14(4)23-8-10-24-11-9-23;/h14H,5-13H2,1-4H3,(H2,19,20,21);1H. The van der Waals surface area contributed by atoms with Crippen molar-refractivity contribution in [3.05, 3.63) is 17.0 Å². The molecule has 2 heterocycles. The number of hydrogen-bond acceptors (Lipinski definition) is 5. The van der Waals surface area contributed by atoms with Gasteiger partial charge in [-0.15, -0.1) is 24.0 Å². The van der Waals surface area contributed by atoms with E-state index in [0.29, 0.717) is 12.6 Å². The molecule has 1 aromatic heterocycles. The van der Waals surface area contributed by atoms with Crippen LogP contribution in [0.1, 0.15) is 44.7 Å². The Bertz CT molecular complexity index is 522. The molecule has 0 saturated carbocycles.